The Balaban J connectivity index is 2.43. The smallest absolute Gasteiger partial charge is 0.229 e. The van der Waals surface area contributed by atoms with Crippen molar-refractivity contribution in [3.8, 4) is 0 Å². The highest BCUT2D eigenvalue weighted by molar-refractivity contribution is 9.10. The third-order valence-electron chi connectivity index (χ3n) is 2.81. The third-order valence-corrected chi connectivity index (χ3v) is 3.31. The van der Waals surface area contributed by atoms with Crippen LogP contribution in [0.4, 0.5) is 11.4 Å². The van der Waals surface area contributed by atoms with Gasteiger partial charge < -0.3 is 14.9 Å². The van der Waals surface area contributed by atoms with Crippen LogP contribution in [0.5, 0.6) is 0 Å². The van der Waals surface area contributed by atoms with E-state index in [-0.39, 0.29) is 12.3 Å². The second-order valence-electron chi connectivity index (χ2n) is 4.39. The molecule has 0 aliphatic carbocycles. The lowest BCUT2D eigenvalue weighted by Gasteiger charge is -2.24. The second-order valence-corrected chi connectivity index (χ2v) is 5.31. The number of rotatable bonds is 2. The topological polar surface area (TPSA) is 43.8 Å². The van der Waals surface area contributed by atoms with Crippen LogP contribution in [0.15, 0.2) is 22.7 Å². The summed E-state index contributed by atoms with van der Waals surface area (Å²) in [6, 6.07) is 5.80. The molecule has 1 saturated heterocycles. The molecule has 0 radical (unpaired) electrons. The van der Waals surface area contributed by atoms with Crippen LogP contribution in [0.3, 0.4) is 0 Å². The Hall–Kier alpha value is -1.07. The monoisotopic (exact) mass is 298 g/mol. The van der Waals surface area contributed by atoms with Crippen LogP contribution in [-0.2, 0) is 4.79 Å². The van der Waals surface area contributed by atoms with Gasteiger partial charge in [-0.25, -0.2) is 0 Å². The lowest BCUT2D eigenvalue weighted by molar-refractivity contribution is -0.117. The fourth-order valence-corrected chi connectivity index (χ4v) is 2.36. The normalized spacial score (nSPS) is 19.9. The molecule has 1 fully saturated rings. The fourth-order valence-electron chi connectivity index (χ4n) is 2.01. The van der Waals surface area contributed by atoms with Gasteiger partial charge in [0.05, 0.1) is 30.4 Å². The van der Waals surface area contributed by atoms with Crippen LogP contribution >= 0.6 is 15.9 Å². The molecular formula is C12H15BrN2O2. The second kappa shape index (κ2) is 4.66. The first-order valence-corrected chi connectivity index (χ1v) is 6.23. The summed E-state index contributed by atoms with van der Waals surface area (Å²) in [5.74, 6) is -0.0290. The predicted octanol–water partition coefficient (Wildman–Crippen LogP) is 1.61. The average molecular weight is 299 g/mol. The highest BCUT2D eigenvalue weighted by atomic mass is 79.9. The van der Waals surface area contributed by atoms with Crippen LogP contribution < -0.4 is 9.80 Å². The number of nitrogens with zero attached hydrogens (tertiary/aromatic N) is 2. The van der Waals surface area contributed by atoms with Crippen LogP contribution in [0.2, 0.25) is 0 Å². The van der Waals surface area contributed by atoms with E-state index in [0.717, 1.165) is 15.8 Å². The highest BCUT2D eigenvalue weighted by Crippen LogP contribution is 2.33. The van der Waals surface area contributed by atoms with Gasteiger partial charge in [-0.15, -0.1) is 0 Å². The Bertz CT molecular complexity index is 448. The first kappa shape index (κ1) is 12.4. The van der Waals surface area contributed by atoms with E-state index in [4.69, 9.17) is 0 Å². The number of amides is 1. The van der Waals surface area contributed by atoms with Crippen molar-refractivity contribution in [1.82, 2.24) is 0 Å². The van der Waals surface area contributed by atoms with Crippen molar-refractivity contribution in [3.63, 3.8) is 0 Å². The Labute approximate surface area is 109 Å². The molecule has 1 amide bonds. The number of hydrogen-bond acceptors (Lipinski definition) is 3. The van der Waals surface area contributed by atoms with Gasteiger partial charge in [-0.2, -0.15) is 0 Å². The maximum atomic E-state index is 11.8. The van der Waals surface area contributed by atoms with Gasteiger partial charge in [0.1, 0.15) is 0 Å². The van der Waals surface area contributed by atoms with E-state index in [1.165, 1.54) is 0 Å². The van der Waals surface area contributed by atoms with E-state index in [1.54, 1.807) is 4.90 Å². The number of carbonyl (C=O) groups excluding carboxylic acids is 1. The fraction of sp³-hybridized carbons (Fsp3) is 0.417. The molecule has 0 aromatic heterocycles. The zero-order chi connectivity index (χ0) is 12.6. The molecule has 17 heavy (non-hydrogen) atoms. The predicted molar refractivity (Wildman–Crippen MR) is 71.4 cm³/mol. The first-order chi connectivity index (χ1) is 7.99. The Morgan fingerprint density at radius 3 is 2.71 bits per heavy atom. The molecule has 1 aliphatic rings. The third kappa shape index (κ3) is 2.45. The van der Waals surface area contributed by atoms with Crippen LogP contribution in [0.25, 0.3) is 0 Å². The van der Waals surface area contributed by atoms with E-state index >= 15 is 0 Å². The van der Waals surface area contributed by atoms with Crippen molar-refractivity contribution < 1.29 is 9.90 Å². The van der Waals surface area contributed by atoms with Crippen molar-refractivity contribution >= 4 is 33.2 Å². The zero-order valence-corrected chi connectivity index (χ0v) is 11.4. The van der Waals surface area contributed by atoms with Crippen molar-refractivity contribution in [2.45, 2.75) is 12.5 Å². The average Bonchev–Trinajstić information content (AvgIpc) is 2.57. The molecule has 1 heterocycles. The number of aliphatic hydroxyl groups excluding tert-OH is 1. The molecule has 4 nitrogen and oxygen atoms in total. The number of benzene rings is 1. The van der Waals surface area contributed by atoms with Gasteiger partial charge >= 0.3 is 0 Å². The van der Waals surface area contributed by atoms with Crippen LogP contribution in [0, 0.1) is 0 Å². The summed E-state index contributed by atoms with van der Waals surface area (Å²) in [5.41, 5.74) is 1.81. The lowest BCUT2D eigenvalue weighted by Crippen LogP contribution is -2.27. The summed E-state index contributed by atoms with van der Waals surface area (Å²) in [6.07, 6.45) is -0.351. The molecule has 5 heteroatoms. The van der Waals surface area contributed by atoms with Crippen LogP contribution in [0.1, 0.15) is 6.42 Å². The molecule has 1 atom stereocenters. The van der Waals surface area contributed by atoms with Gasteiger partial charge in [0.25, 0.3) is 0 Å². The molecule has 1 N–H and O–H groups in total. The van der Waals surface area contributed by atoms with Gasteiger partial charge in [0.15, 0.2) is 0 Å². The standard InChI is InChI=1S/C12H15BrN2O2/c1-14(2)10-4-3-8(13)5-11(10)15-7-9(16)6-12(15)17/h3-5,9,16H,6-7H2,1-2H3. The molecule has 92 valence electrons. The van der Waals surface area contributed by atoms with Gasteiger partial charge in [-0.1, -0.05) is 15.9 Å². The summed E-state index contributed by atoms with van der Waals surface area (Å²) >= 11 is 3.41. The first-order valence-electron chi connectivity index (χ1n) is 5.44. The minimum atomic E-state index is -0.559. The van der Waals surface area contributed by atoms with Crippen molar-refractivity contribution in [2.75, 3.05) is 30.4 Å². The van der Waals surface area contributed by atoms with Crippen molar-refractivity contribution in [1.29, 1.82) is 0 Å². The summed E-state index contributed by atoms with van der Waals surface area (Å²) < 4.78 is 0.923. The molecule has 1 unspecified atom stereocenters. The zero-order valence-electron chi connectivity index (χ0n) is 9.85. The van der Waals surface area contributed by atoms with E-state index in [9.17, 15) is 9.90 Å². The summed E-state index contributed by atoms with van der Waals surface area (Å²) in [4.78, 5) is 15.4. The largest absolute Gasteiger partial charge is 0.391 e. The number of β-amino-alcohol motifs (C(OH)–C–C–N with tert-alkyl or cyclic N) is 1. The van der Waals surface area contributed by atoms with Crippen molar-refractivity contribution in [3.05, 3.63) is 22.7 Å². The Morgan fingerprint density at radius 2 is 2.18 bits per heavy atom. The molecule has 1 aromatic rings. The van der Waals surface area contributed by atoms with E-state index in [2.05, 4.69) is 15.9 Å². The maximum absolute atomic E-state index is 11.8. The summed E-state index contributed by atoms with van der Waals surface area (Å²) in [7, 11) is 3.87. The molecule has 1 aliphatic heterocycles. The minimum Gasteiger partial charge on any atom is -0.391 e. The minimum absolute atomic E-state index is 0.0290. The number of hydrogen-bond donors (Lipinski definition) is 1. The molecular weight excluding hydrogens is 284 g/mol. The van der Waals surface area contributed by atoms with Crippen LogP contribution in [-0.4, -0.2) is 37.8 Å². The summed E-state index contributed by atoms with van der Waals surface area (Å²) in [5, 5.41) is 9.54. The molecule has 0 bridgehead atoms. The molecule has 2 rings (SSSR count). The van der Waals surface area contributed by atoms with E-state index in [0.29, 0.717) is 6.54 Å². The van der Waals surface area contributed by atoms with Crippen molar-refractivity contribution in [2.24, 2.45) is 0 Å². The Kier molecular flexibility index (Phi) is 3.40. The molecule has 1 aromatic carbocycles. The van der Waals surface area contributed by atoms with Gasteiger partial charge in [-0.05, 0) is 18.2 Å². The Morgan fingerprint density at radius 1 is 1.47 bits per heavy atom. The number of anilines is 2. The van der Waals surface area contributed by atoms with E-state index < -0.39 is 6.10 Å². The lowest BCUT2D eigenvalue weighted by atomic mass is 10.2. The van der Waals surface area contributed by atoms with Gasteiger partial charge in [0, 0.05) is 18.6 Å². The van der Waals surface area contributed by atoms with Gasteiger partial charge in [0.2, 0.25) is 5.91 Å². The number of aliphatic hydroxyl groups is 1. The SMILES string of the molecule is CN(C)c1ccc(Br)cc1N1CC(O)CC1=O. The number of halogens is 1. The number of carbonyl (C=O) groups is 1. The summed E-state index contributed by atoms with van der Waals surface area (Å²) in [6.45, 7) is 0.371. The van der Waals surface area contributed by atoms with Gasteiger partial charge in [-0.3, -0.25) is 4.79 Å². The highest BCUT2D eigenvalue weighted by Gasteiger charge is 2.30. The molecule has 0 saturated carbocycles. The van der Waals surface area contributed by atoms with E-state index in [1.807, 2.05) is 37.2 Å². The molecule has 0 spiro atoms. The quantitative estimate of drug-likeness (QED) is 0.902. The maximum Gasteiger partial charge on any atom is 0.229 e.